The highest BCUT2D eigenvalue weighted by Gasteiger charge is 2.24. The van der Waals surface area contributed by atoms with Crippen molar-refractivity contribution < 1.29 is 26.4 Å². The number of sulfonamides is 1. The molecule has 2 N–H and O–H groups in total. The molecule has 0 atom stereocenters. The number of sulfone groups is 1. The molecule has 0 spiro atoms. The molecule has 0 unspecified atom stereocenters. The lowest BCUT2D eigenvalue weighted by Gasteiger charge is -2.13. The van der Waals surface area contributed by atoms with E-state index in [0.717, 1.165) is 6.26 Å². The Morgan fingerprint density at radius 3 is 2.38 bits per heavy atom. The summed E-state index contributed by atoms with van der Waals surface area (Å²) in [5, 5.41) is 1.99. The number of hydrogen-bond acceptors (Lipinski definition) is 6. The van der Waals surface area contributed by atoms with Gasteiger partial charge in [-0.25, -0.2) is 16.8 Å². The monoisotopic (exact) mass is 440 g/mol. The molecule has 0 saturated carbocycles. The summed E-state index contributed by atoms with van der Waals surface area (Å²) >= 11 is 0. The van der Waals surface area contributed by atoms with Gasteiger partial charge in [0.1, 0.15) is 12.4 Å². The highest BCUT2D eigenvalue weighted by molar-refractivity contribution is 7.92. The van der Waals surface area contributed by atoms with E-state index in [9.17, 15) is 21.6 Å². The summed E-state index contributed by atoms with van der Waals surface area (Å²) in [5.41, 5.74) is 0.447. The second-order valence-corrected chi connectivity index (χ2v) is 10.8. The van der Waals surface area contributed by atoms with Crippen molar-refractivity contribution in [3.63, 3.8) is 0 Å². The number of hydrogen-bond donors (Lipinski definition) is 2. The lowest BCUT2D eigenvalue weighted by molar-refractivity contribution is 0.0943. The van der Waals surface area contributed by atoms with E-state index in [4.69, 9.17) is 4.74 Å². The minimum atomic E-state index is -3.59. The Labute approximate surface area is 171 Å². The van der Waals surface area contributed by atoms with Gasteiger partial charge in [0.05, 0.1) is 34.2 Å². The molecule has 0 aliphatic heterocycles. The van der Waals surface area contributed by atoms with E-state index in [0.29, 0.717) is 11.4 Å². The fourth-order valence-electron chi connectivity index (χ4n) is 2.45. The van der Waals surface area contributed by atoms with E-state index in [1.165, 1.54) is 18.2 Å². The van der Waals surface area contributed by atoms with Crippen LogP contribution in [0.1, 0.15) is 24.2 Å². The van der Waals surface area contributed by atoms with Crippen molar-refractivity contribution in [1.82, 2.24) is 5.32 Å². The Kier molecular flexibility index (Phi) is 7.26. The van der Waals surface area contributed by atoms with Crippen molar-refractivity contribution in [2.24, 2.45) is 0 Å². The fraction of sp³-hybridized carbons (Fsp3) is 0.316. The maximum absolute atomic E-state index is 12.4. The average Bonchev–Trinajstić information content (AvgIpc) is 2.64. The van der Waals surface area contributed by atoms with Crippen molar-refractivity contribution in [3.05, 3.63) is 54.1 Å². The molecule has 1 amide bonds. The molecule has 10 heteroatoms. The van der Waals surface area contributed by atoms with Crippen LogP contribution in [0.2, 0.25) is 0 Å². The van der Waals surface area contributed by atoms with E-state index >= 15 is 0 Å². The van der Waals surface area contributed by atoms with E-state index < -0.39 is 31.0 Å². The van der Waals surface area contributed by atoms with Crippen molar-refractivity contribution in [2.45, 2.75) is 24.0 Å². The third-order valence-corrected chi connectivity index (χ3v) is 6.67. The molecule has 0 bridgehead atoms. The van der Waals surface area contributed by atoms with E-state index in [1.54, 1.807) is 44.2 Å². The number of carbonyl (C=O) groups is 1. The van der Waals surface area contributed by atoms with Crippen LogP contribution in [0.3, 0.4) is 0 Å². The number of anilines is 1. The van der Waals surface area contributed by atoms with E-state index in [1.807, 2.05) is 0 Å². The van der Waals surface area contributed by atoms with E-state index in [2.05, 4.69) is 10.0 Å². The maximum atomic E-state index is 12.4. The van der Waals surface area contributed by atoms with E-state index in [-0.39, 0.29) is 23.6 Å². The molecule has 0 heterocycles. The van der Waals surface area contributed by atoms with Gasteiger partial charge in [0.25, 0.3) is 5.91 Å². The van der Waals surface area contributed by atoms with Gasteiger partial charge >= 0.3 is 0 Å². The normalized spacial score (nSPS) is 11.9. The number of rotatable bonds is 9. The van der Waals surface area contributed by atoms with Crippen LogP contribution in [-0.2, 0) is 19.9 Å². The van der Waals surface area contributed by atoms with Crippen molar-refractivity contribution in [2.75, 3.05) is 24.1 Å². The molecule has 0 aliphatic rings. The van der Waals surface area contributed by atoms with Gasteiger partial charge in [0.15, 0.2) is 9.84 Å². The Hall–Kier alpha value is -2.59. The van der Waals surface area contributed by atoms with Crippen LogP contribution in [0.4, 0.5) is 5.69 Å². The molecule has 2 rings (SSSR count). The minimum absolute atomic E-state index is 0.00651. The highest BCUT2D eigenvalue weighted by atomic mass is 32.2. The first-order chi connectivity index (χ1) is 13.5. The third kappa shape index (κ3) is 6.47. The number of carbonyl (C=O) groups excluding carboxylic acids is 1. The lowest BCUT2D eigenvalue weighted by Crippen LogP contribution is -2.30. The van der Waals surface area contributed by atoms with Crippen LogP contribution in [0.5, 0.6) is 5.75 Å². The molecule has 0 aromatic heterocycles. The topological polar surface area (TPSA) is 119 Å². The summed E-state index contributed by atoms with van der Waals surface area (Å²) in [6.45, 7) is 3.38. The zero-order chi connectivity index (χ0) is 21.7. The van der Waals surface area contributed by atoms with Gasteiger partial charge in [0, 0.05) is 6.07 Å². The van der Waals surface area contributed by atoms with Crippen LogP contribution >= 0.6 is 0 Å². The first-order valence-electron chi connectivity index (χ1n) is 8.82. The van der Waals surface area contributed by atoms with Gasteiger partial charge in [-0.1, -0.05) is 18.2 Å². The molecule has 29 heavy (non-hydrogen) atoms. The second kappa shape index (κ2) is 9.27. The first-order valence-corrected chi connectivity index (χ1v) is 12.3. The van der Waals surface area contributed by atoms with Gasteiger partial charge in [-0.05, 0) is 38.1 Å². The molecule has 158 valence electrons. The highest BCUT2D eigenvalue weighted by Crippen LogP contribution is 2.21. The Balaban J connectivity index is 1.98. The predicted molar refractivity (Wildman–Crippen MR) is 112 cm³/mol. The largest absolute Gasteiger partial charge is 0.492 e. The predicted octanol–water partition coefficient (Wildman–Crippen LogP) is 2.05. The smallest absolute Gasteiger partial charge is 0.252 e. The van der Waals surface area contributed by atoms with Crippen LogP contribution in [-0.4, -0.2) is 47.4 Å². The van der Waals surface area contributed by atoms with Crippen molar-refractivity contribution in [1.29, 1.82) is 0 Å². The molecular weight excluding hydrogens is 416 g/mol. The summed E-state index contributed by atoms with van der Waals surface area (Å²) < 4.78 is 55.3. The molecule has 0 fully saturated rings. The molecular formula is C19H24N2O6S2. The minimum Gasteiger partial charge on any atom is -0.492 e. The second-order valence-electron chi connectivity index (χ2n) is 6.60. The average molecular weight is 441 g/mol. The van der Waals surface area contributed by atoms with Crippen LogP contribution < -0.4 is 14.8 Å². The summed E-state index contributed by atoms with van der Waals surface area (Å²) in [6.07, 6.45) is 1.05. The van der Waals surface area contributed by atoms with Crippen LogP contribution in [0, 0.1) is 0 Å². The van der Waals surface area contributed by atoms with Gasteiger partial charge < -0.3 is 10.1 Å². The molecule has 2 aromatic rings. The number of amides is 1. The molecule has 2 aromatic carbocycles. The summed E-state index contributed by atoms with van der Waals surface area (Å²) in [4.78, 5) is 12.4. The number of benzene rings is 2. The van der Waals surface area contributed by atoms with Crippen LogP contribution in [0.15, 0.2) is 53.4 Å². The lowest BCUT2D eigenvalue weighted by atomic mass is 10.2. The zero-order valence-electron chi connectivity index (χ0n) is 16.4. The fourth-order valence-corrected chi connectivity index (χ4v) is 4.25. The number of ether oxygens (including phenoxy) is 1. The Morgan fingerprint density at radius 1 is 1.03 bits per heavy atom. The SMILES string of the molecule is CC(C)S(=O)(=O)c1ccccc1C(=O)NCCOc1cccc(NS(C)(=O)=O)c1. The third-order valence-electron chi connectivity index (χ3n) is 3.85. The molecule has 8 nitrogen and oxygen atoms in total. The summed E-state index contributed by atoms with van der Waals surface area (Å²) in [6, 6.07) is 12.5. The first kappa shape index (κ1) is 22.7. The summed E-state index contributed by atoms with van der Waals surface area (Å²) in [7, 11) is -6.99. The standard InChI is InChI=1S/C19H24N2O6S2/c1-14(2)29(25,26)18-10-5-4-9-17(18)19(22)20-11-12-27-16-8-6-7-15(13-16)21-28(3,23)24/h4-10,13-14,21H,11-12H2,1-3H3,(H,20,22). The van der Waals surface area contributed by atoms with Crippen molar-refractivity contribution >= 4 is 31.5 Å². The molecule has 0 aliphatic carbocycles. The quantitative estimate of drug-likeness (QED) is 0.576. The Bertz CT molecular complexity index is 1080. The van der Waals surface area contributed by atoms with Gasteiger partial charge in [-0.2, -0.15) is 0 Å². The van der Waals surface area contributed by atoms with Gasteiger partial charge in [-0.15, -0.1) is 0 Å². The van der Waals surface area contributed by atoms with Gasteiger partial charge in [0.2, 0.25) is 10.0 Å². The Morgan fingerprint density at radius 2 is 1.72 bits per heavy atom. The maximum Gasteiger partial charge on any atom is 0.252 e. The molecule has 0 radical (unpaired) electrons. The van der Waals surface area contributed by atoms with Gasteiger partial charge in [-0.3, -0.25) is 9.52 Å². The molecule has 0 saturated heterocycles. The van der Waals surface area contributed by atoms with Crippen LogP contribution in [0.25, 0.3) is 0 Å². The zero-order valence-corrected chi connectivity index (χ0v) is 18.0. The summed E-state index contributed by atoms with van der Waals surface area (Å²) in [5.74, 6) is -0.0865. The number of nitrogens with one attached hydrogen (secondary N) is 2. The van der Waals surface area contributed by atoms with Crippen molar-refractivity contribution in [3.8, 4) is 5.75 Å².